The van der Waals surface area contributed by atoms with Gasteiger partial charge in [0.05, 0.1) is 29.2 Å². The lowest BCUT2D eigenvalue weighted by Gasteiger charge is -2.27. The Bertz CT molecular complexity index is 1770. The molecule has 2 heterocycles. The smallest absolute Gasteiger partial charge is 0.335 e. The number of carboxylic acids is 1. The van der Waals surface area contributed by atoms with Gasteiger partial charge in [0.1, 0.15) is 29.8 Å². The van der Waals surface area contributed by atoms with Crippen molar-refractivity contribution in [2.75, 3.05) is 6.61 Å². The topological polar surface area (TPSA) is 73.6 Å². The predicted molar refractivity (Wildman–Crippen MR) is 151 cm³/mol. The van der Waals surface area contributed by atoms with Crippen molar-refractivity contribution in [3.63, 3.8) is 0 Å². The van der Waals surface area contributed by atoms with E-state index in [1.54, 1.807) is 48.5 Å². The van der Waals surface area contributed by atoms with Gasteiger partial charge >= 0.3 is 5.97 Å². The molecule has 1 N–H and O–H groups in total. The van der Waals surface area contributed by atoms with E-state index in [1.165, 1.54) is 18.2 Å². The van der Waals surface area contributed by atoms with Gasteiger partial charge in [-0.3, -0.25) is 0 Å². The molecule has 0 saturated carbocycles. The van der Waals surface area contributed by atoms with E-state index >= 15 is 4.39 Å². The van der Waals surface area contributed by atoms with Crippen LogP contribution in [0.3, 0.4) is 0 Å². The lowest BCUT2D eigenvalue weighted by Crippen LogP contribution is -2.31. The van der Waals surface area contributed by atoms with Crippen LogP contribution in [0.4, 0.5) is 8.78 Å². The first-order valence-corrected chi connectivity index (χ1v) is 13.5. The molecule has 1 atom stereocenters. The lowest BCUT2D eigenvalue weighted by atomic mass is 10.0. The maximum absolute atomic E-state index is 15.4. The van der Waals surface area contributed by atoms with Gasteiger partial charge in [-0.1, -0.05) is 41.9 Å². The van der Waals surface area contributed by atoms with Crippen molar-refractivity contribution in [2.45, 2.75) is 32.1 Å². The van der Waals surface area contributed by atoms with Crippen LogP contribution in [-0.2, 0) is 24.3 Å². The number of hydrogen-bond acceptors (Lipinski definition) is 4. The van der Waals surface area contributed by atoms with Crippen LogP contribution >= 0.6 is 11.6 Å². The van der Waals surface area contributed by atoms with Crippen LogP contribution < -0.4 is 4.74 Å². The summed E-state index contributed by atoms with van der Waals surface area (Å²) in [4.78, 5) is 16.3. The quantitative estimate of drug-likeness (QED) is 0.200. The number of aromatic nitrogens is 2. The Kier molecular flexibility index (Phi) is 7.43. The maximum Gasteiger partial charge on any atom is 0.335 e. The fourth-order valence-electron chi connectivity index (χ4n) is 4.88. The zero-order valence-corrected chi connectivity index (χ0v) is 22.6. The van der Waals surface area contributed by atoms with Gasteiger partial charge in [0.25, 0.3) is 0 Å². The first-order chi connectivity index (χ1) is 19.8. The van der Waals surface area contributed by atoms with Gasteiger partial charge in [-0.25, -0.2) is 18.6 Å². The molecule has 1 saturated heterocycles. The van der Waals surface area contributed by atoms with E-state index < -0.39 is 11.8 Å². The highest BCUT2D eigenvalue weighted by Gasteiger charge is 2.23. The van der Waals surface area contributed by atoms with Crippen LogP contribution in [0.15, 0.2) is 78.9 Å². The third-order valence-electron chi connectivity index (χ3n) is 7.23. The summed E-state index contributed by atoms with van der Waals surface area (Å²) in [5.41, 5.74) is 3.75. The number of ether oxygens (including phenoxy) is 2. The molecule has 0 spiro atoms. The molecule has 5 aromatic rings. The van der Waals surface area contributed by atoms with Crippen LogP contribution in [0.5, 0.6) is 5.75 Å². The van der Waals surface area contributed by atoms with E-state index in [-0.39, 0.29) is 30.5 Å². The van der Waals surface area contributed by atoms with Crippen molar-refractivity contribution in [2.24, 2.45) is 0 Å². The fourth-order valence-corrected chi connectivity index (χ4v) is 5.04. The Morgan fingerprint density at radius 3 is 2.51 bits per heavy atom. The van der Waals surface area contributed by atoms with Gasteiger partial charge in [-0.15, -0.1) is 0 Å². The number of aromatic carboxylic acids is 1. The van der Waals surface area contributed by atoms with Crippen LogP contribution in [0, 0.1) is 11.6 Å². The van der Waals surface area contributed by atoms with Gasteiger partial charge < -0.3 is 19.1 Å². The second kappa shape index (κ2) is 11.3. The van der Waals surface area contributed by atoms with Gasteiger partial charge in [0.15, 0.2) is 0 Å². The molecular weight excluding hydrogens is 550 g/mol. The van der Waals surface area contributed by atoms with Crippen molar-refractivity contribution in [1.29, 1.82) is 0 Å². The van der Waals surface area contributed by atoms with E-state index in [4.69, 9.17) is 26.1 Å². The Morgan fingerprint density at radius 1 is 1.00 bits per heavy atom. The zero-order chi connectivity index (χ0) is 28.5. The molecule has 0 radical (unpaired) electrons. The summed E-state index contributed by atoms with van der Waals surface area (Å²) in [6.45, 7) is 1.23. The van der Waals surface area contributed by atoms with Crippen LogP contribution in [0.2, 0.25) is 5.02 Å². The van der Waals surface area contributed by atoms with Crippen molar-refractivity contribution in [3.8, 4) is 16.9 Å². The van der Waals surface area contributed by atoms with Crippen molar-refractivity contribution in [1.82, 2.24) is 9.55 Å². The Labute approximate surface area is 239 Å². The predicted octanol–water partition coefficient (Wildman–Crippen LogP) is 7.29. The molecule has 1 aliphatic heterocycles. The van der Waals surface area contributed by atoms with Crippen LogP contribution in [0.1, 0.15) is 33.7 Å². The monoisotopic (exact) mass is 574 g/mol. The maximum atomic E-state index is 15.4. The summed E-state index contributed by atoms with van der Waals surface area (Å²) in [5.74, 6) is -0.693. The first kappa shape index (κ1) is 26.9. The molecule has 1 aromatic heterocycles. The molecule has 0 unspecified atom stereocenters. The highest BCUT2D eigenvalue weighted by molar-refractivity contribution is 6.30. The minimum atomic E-state index is -1.02. The number of halogens is 3. The molecular formula is C32H25ClF2N2O4. The Hall–Kier alpha value is -4.27. The van der Waals surface area contributed by atoms with E-state index in [0.717, 1.165) is 12.0 Å². The number of hydrogen-bond donors (Lipinski definition) is 1. The van der Waals surface area contributed by atoms with Gasteiger partial charge in [-0.2, -0.15) is 0 Å². The molecule has 1 aliphatic rings. The number of rotatable bonds is 9. The molecule has 41 heavy (non-hydrogen) atoms. The fraction of sp³-hybridized carbons (Fsp3) is 0.188. The van der Waals surface area contributed by atoms with Crippen LogP contribution in [0.25, 0.3) is 22.2 Å². The van der Waals surface area contributed by atoms with Crippen molar-refractivity contribution < 1.29 is 28.2 Å². The highest BCUT2D eigenvalue weighted by Crippen LogP contribution is 2.29. The number of nitrogens with zero attached hydrogens (tertiary/aromatic N) is 2. The second-order valence-electron chi connectivity index (χ2n) is 9.96. The summed E-state index contributed by atoms with van der Waals surface area (Å²) in [7, 11) is 0. The lowest BCUT2D eigenvalue weighted by molar-refractivity contribution is -0.0589. The molecule has 9 heteroatoms. The van der Waals surface area contributed by atoms with E-state index in [2.05, 4.69) is 0 Å². The molecule has 6 rings (SSSR count). The molecule has 6 nitrogen and oxygen atoms in total. The zero-order valence-electron chi connectivity index (χ0n) is 21.8. The SMILES string of the molecule is O=C(O)c1ccc2nc(Cc3ccc(-c4cccc(OCc5ccc(Cl)cc5F)c4)cc3F)n(C[C@@H]3CCO3)c2c1. The number of fused-ring (bicyclic) bond motifs is 1. The van der Waals surface area contributed by atoms with Gasteiger partial charge in [0.2, 0.25) is 0 Å². The summed E-state index contributed by atoms with van der Waals surface area (Å²) in [6.07, 6.45) is 1.14. The second-order valence-corrected chi connectivity index (χ2v) is 10.4. The van der Waals surface area contributed by atoms with Crippen LogP contribution in [-0.4, -0.2) is 33.3 Å². The highest BCUT2D eigenvalue weighted by atomic mass is 35.5. The third kappa shape index (κ3) is 5.80. The molecule has 0 amide bonds. The normalized spacial score (nSPS) is 14.7. The number of benzene rings is 4. The summed E-state index contributed by atoms with van der Waals surface area (Å²) >= 11 is 5.82. The average Bonchev–Trinajstić information content (AvgIpc) is 3.27. The summed E-state index contributed by atoms with van der Waals surface area (Å²) in [5, 5.41) is 9.78. The van der Waals surface area contributed by atoms with Crippen molar-refractivity contribution >= 4 is 28.6 Å². The molecule has 0 aliphatic carbocycles. The van der Waals surface area contributed by atoms with Gasteiger partial charge in [0, 0.05) is 23.6 Å². The number of imidazole rings is 1. The van der Waals surface area contributed by atoms with E-state index in [0.29, 0.717) is 57.5 Å². The number of carbonyl (C=O) groups is 1. The Balaban J connectivity index is 1.24. The van der Waals surface area contributed by atoms with Crippen molar-refractivity contribution in [3.05, 3.63) is 118 Å². The first-order valence-electron chi connectivity index (χ1n) is 13.1. The Morgan fingerprint density at radius 2 is 1.78 bits per heavy atom. The van der Waals surface area contributed by atoms with Gasteiger partial charge in [-0.05, 0) is 71.6 Å². The molecule has 1 fully saturated rings. The summed E-state index contributed by atoms with van der Waals surface area (Å²) < 4.78 is 42.9. The number of carboxylic acid groups (broad SMARTS) is 1. The average molecular weight is 575 g/mol. The molecule has 208 valence electrons. The third-order valence-corrected chi connectivity index (χ3v) is 7.47. The summed E-state index contributed by atoms with van der Waals surface area (Å²) in [6, 6.07) is 21.4. The van der Waals surface area contributed by atoms with E-state index in [9.17, 15) is 14.3 Å². The standard InChI is InChI=1S/C32H25ClF2N2O4/c33-24-8-6-23(28(35)16-24)18-41-25-3-1-2-19(12-25)20-4-5-21(27(34)13-20)15-31-36-29-9-7-22(32(38)39)14-30(29)37(31)17-26-10-11-40-26/h1-9,12-14,16,26H,10-11,15,17-18H2,(H,38,39)/t26-/m0/s1. The molecule has 4 aromatic carbocycles. The van der Waals surface area contributed by atoms with E-state index in [1.807, 2.05) is 16.7 Å². The molecule has 0 bridgehead atoms. The largest absolute Gasteiger partial charge is 0.489 e. The minimum absolute atomic E-state index is 0.0116. The minimum Gasteiger partial charge on any atom is -0.489 e.